The average Bonchev–Trinajstić information content (AvgIpc) is 3.50. The van der Waals surface area contributed by atoms with E-state index in [0.29, 0.717) is 32.0 Å². The van der Waals surface area contributed by atoms with Crippen LogP contribution >= 0.6 is 0 Å². The summed E-state index contributed by atoms with van der Waals surface area (Å²) in [4.78, 5) is 21.4. The molecule has 1 amide bonds. The Bertz CT molecular complexity index is 833. The number of carbonyl (C=O) groups is 1. The summed E-state index contributed by atoms with van der Waals surface area (Å²) >= 11 is 0. The number of aromatic nitrogens is 3. The lowest BCUT2D eigenvalue weighted by atomic mass is 9.95. The largest absolute Gasteiger partial charge is 0.376 e. The van der Waals surface area contributed by atoms with Gasteiger partial charge in [-0.3, -0.25) is 14.4 Å². The number of halogens is 1. The van der Waals surface area contributed by atoms with Crippen LogP contribution in [0.5, 0.6) is 0 Å². The van der Waals surface area contributed by atoms with Gasteiger partial charge >= 0.3 is 0 Å². The second-order valence-electron chi connectivity index (χ2n) is 9.01. The van der Waals surface area contributed by atoms with Gasteiger partial charge in [0.05, 0.1) is 6.10 Å². The van der Waals surface area contributed by atoms with Gasteiger partial charge in [0.2, 0.25) is 5.91 Å². The summed E-state index contributed by atoms with van der Waals surface area (Å²) in [7, 11) is 0. The lowest BCUT2D eigenvalue weighted by molar-refractivity contribution is -0.134. The molecule has 0 spiro atoms. The van der Waals surface area contributed by atoms with E-state index in [-0.39, 0.29) is 17.8 Å². The molecule has 1 atom stereocenters. The Labute approximate surface area is 189 Å². The molecule has 174 valence electrons. The van der Waals surface area contributed by atoms with Gasteiger partial charge < -0.3 is 9.64 Å². The Hall–Kier alpha value is -2.32. The van der Waals surface area contributed by atoms with Crippen molar-refractivity contribution in [3.8, 4) is 0 Å². The minimum absolute atomic E-state index is 0.131. The Morgan fingerprint density at radius 2 is 2.03 bits per heavy atom. The van der Waals surface area contributed by atoms with E-state index in [1.807, 2.05) is 17.0 Å². The predicted octanol–water partition coefficient (Wildman–Crippen LogP) is 3.12. The number of hydrogen-bond donors (Lipinski definition) is 0. The van der Waals surface area contributed by atoms with E-state index in [4.69, 9.17) is 4.74 Å². The third-order valence-corrected chi connectivity index (χ3v) is 6.58. The molecular formula is C24H34FN5O2. The first-order valence-corrected chi connectivity index (χ1v) is 11.8. The van der Waals surface area contributed by atoms with Gasteiger partial charge in [-0.2, -0.15) is 5.10 Å². The van der Waals surface area contributed by atoms with E-state index in [1.54, 1.807) is 17.1 Å². The molecular weight excluding hydrogens is 409 g/mol. The maximum atomic E-state index is 14.0. The highest BCUT2D eigenvalue weighted by Crippen LogP contribution is 2.23. The van der Waals surface area contributed by atoms with Crippen molar-refractivity contribution >= 4 is 5.91 Å². The maximum absolute atomic E-state index is 14.0. The van der Waals surface area contributed by atoms with Crippen molar-refractivity contribution in [3.05, 3.63) is 48.3 Å². The van der Waals surface area contributed by atoms with Crippen molar-refractivity contribution < 1.29 is 13.9 Å². The summed E-state index contributed by atoms with van der Waals surface area (Å²) in [6.45, 7) is 5.51. The quantitative estimate of drug-likeness (QED) is 0.565. The molecule has 2 fully saturated rings. The van der Waals surface area contributed by atoms with Crippen LogP contribution in [0.4, 0.5) is 4.39 Å². The molecule has 2 aromatic rings. The van der Waals surface area contributed by atoms with Gasteiger partial charge in [-0.1, -0.05) is 18.2 Å². The van der Waals surface area contributed by atoms with Crippen LogP contribution in [0.25, 0.3) is 0 Å². The molecule has 8 heteroatoms. The first kappa shape index (κ1) is 22.9. The van der Waals surface area contributed by atoms with Crippen LogP contribution in [-0.2, 0) is 22.6 Å². The van der Waals surface area contributed by atoms with Gasteiger partial charge in [-0.15, -0.1) is 0 Å². The highest BCUT2D eigenvalue weighted by Gasteiger charge is 2.27. The van der Waals surface area contributed by atoms with Crippen LogP contribution < -0.4 is 0 Å². The molecule has 7 nitrogen and oxygen atoms in total. The van der Waals surface area contributed by atoms with E-state index in [0.717, 1.165) is 63.9 Å². The fraction of sp³-hybridized carbons (Fsp3) is 0.625. The van der Waals surface area contributed by atoms with Crippen molar-refractivity contribution in [2.45, 2.75) is 57.7 Å². The van der Waals surface area contributed by atoms with Crippen LogP contribution in [0.1, 0.15) is 44.1 Å². The monoisotopic (exact) mass is 443 g/mol. The maximum Gasteiger partial charge on any atom is 0.222 e. The molecule has 0 aliphatic carbocycles. The summed E-state index contributed by atoms with van der Waals surface area (Å²) < 4.78 is 21.6. The normalized spacial score (nSPS) is 20.0. The molecule has 0 bridgehead atoms. The van der Waals surface area contributed by atoms with E-state index < -0.39 is 0 Å². The number of rotatable bonds is 10. The molecule has 0 N–H and O–H groups in total. The SMILES string of the molecule is O=C(CCCn1cncn1)N(CC1CCN(Cc2ccccc2F)CC1)CC1CCCO1. The summed E-state index contributed by atoms with van der Waals surface area (Å²) in [5.41, 5.74) is 0.758. The molecule has 2 saturated heterocycles. The number of aryl methyl sites for hydroxylation is 1. The van der Waals surface area contributed by atoms with E-state index in [2.05, 4.69) is 15.0 Å². The standard InChI is InChI=1S/C24H34FN5O2/c25-23-7-2-1-5-21(23)16-28-12-9-20(10-13-28)15-29(17-22-6-4-14-32-22)24(31)8-3-11-30-19-26-18-27-30/h1-2,5,7,18-20,22H,3-4,6,8-17H2. The average molecular weight is 444 g/mol. The number of ether oxygens (including phenoxy) is 1. The second kappa shape index (κ2) is 11.5. The van der Waals surface area contributed by atoms with E-state index in [9.17, 15) is 9.18 Å². The number of likely N-dealkylation sites (tertiary alicyclic amines) is 1. The number of benzene rings is 1. The van der Waals surface area contributed by atoms with Crippen LogP contribution in [0, 0.1) is 11.7 Å². The molecule has 32 heavy (non-hydrogen) atoms. The molecule has 1 unspecified atom stereocenters. The smallest absolute Gasteiger partial charge is 0.222 e. The van der Waals surface area contributed by atoms with Gasteiger partial charge in [-0.25, -0.2) is 9.37 Å². The van der Waals surface area contributed by atoms with Crippen molar-refractivity contribution in [2.75, 3.05) is 32.8 Å². The zero-order valence-corrected chi connectivity index (χ0v) is 18.7. The van der Waals surface area contributed by atoms with Gasteiger partial charge in [-0.05, 0) is 57.2 Å². The molecule has 0 radical (unpaired) electrons. The van der Waals surface area contributed by atoms with Gasteiger partial charge in [0, 0.05) is 44.8 Å². The Morgan fingerprint density at radius 1 is 1.19 bits per heavy atom. The van der Waals surface area contributed by atoms with Crippen LogP contribution in [0.3, 0.4) is 0 Å². The molecule has 2 aliphatic heterocycles. The van der Waals surface area contributed by atoms with Crippen LogP contribution in [0.2, 0.25) is 0 Å². The molecule has 3 heterocycles. The van der Waals surface area contributed by atoms with E-state index >= 15 is 0 Å². The summed E-state index contributed by atoms with van der Waals surface area (Å²) in [5, 5.41) is 4.11. The molecule has 0 saturated carbocycles. The van der Waals surface area contributed by atoms with Crippen molar-refractivity contribution in [1.82, 2.24) is 24.6 Å². The third-order valence-electron chi connectivity index (χ3n) is 6.58. The van der Waals surface area contributed by atoms with Crippen molar-refractivity contribution in [2.24, 2.45) is 5.92 Å². The summed E-state index contributed by atoms with van der Waals surface area (Å²) in [6.07, 6.45) is 8.80. The zero-order chi connectivity index (χ0) is 22.2. The Kier molecular flexibility index (Phi) is 8.23. The summed E-state index contributed by atoms with van der Waals surface area (Å²) in [6, 6.07) is 7.02. The van der Waals surface area contributed by atoms with E-state index in [1.165, 1.54) is 12.4 Å². The Balaban J connectivity index is 1.26. The highest BCUT2D eigenvalue weighted by atomic mass is 19.1. The number of nitrogens with zero attached hydrogens (tertiary/aromatic N) is 5. The highest BCUT2D eigenvalue weighted by molar-refractivity contribution is 5.76. The first-order valence-electron chi connectivity index (χ1n) is 11.8. The summed E-state index contributed by atoms with van der Waals surface area (Å²) in [5.74, 6) is 0.552. The predicted molar refractivity (Wildman–Crippen MR) is 119 cm³/mol. The second-order valence-corrected chi connectivity index (χ2v) is 9.01. The first-order chi connectivity index (χ1) is 15.7. The number of carbonyl (C=O) groups excluding carboxylic acids is 1. The zero-order valence-electron chi connectivity index (χ0n) is 18.7. The van der Waals surface area contributed by atoms with Gasteiger partial charge in [0.25, 0.3) is 0 Å². The van der Waals surface area contributed by atoms with Crippen LogP contribution in [0.15, 0.2) is 36.9 Å². The number of hydrogen-bond acceptors (Lipinski definition) is 5. The molecule has 1 aromatic heterocycles. The fourth-order valence-corrected chi connectivity index (χ4v) is 4.72. The van der Waals surface area contributed by atoms with Crippen molar-refractivity contribution in [3.63, 3.8) is 0 Å². The van der Waals surface area contributed by atoms with Gasteiger partial charge in [0.15, 0.2) is 0 Å². The number of amides is 1. The van der Waals surface area contributed by atoms with Crippen LogP contribution in [-0.4, -0.2) is 69.4 Å². The topological polar surface area (TPSA) is 63.5 Å². The minimum atomic E-state index is -0.131. The van der Waals surface area contributed by atoms with Crippen molar-refractivity contribution in [1.29, 1.82) is 0 Å². The van der Waals surface area contributed by atoms with Gasteiger partial charge in [0.1, 0.15) is 18.5 Å². The number of piperidine rings is 1. The minimum Gasteiger partial charge on any atom is -0.376 e. The third kappa shape index (κ3) is 6.59. The lowest BCUT2D eigenvalue weighted by Gasteiger charge is -2.35. The Morgan fingerprint density at radius 3 is 2.75 bits per heavy atom. The molecule has 2 aliphatic rings. The molecule has 1 aromatic carbocycles. The lowest BCUT2D eigenvalue weighted by Crippen LogP contribution is -2.43. The molecule has 4 rings (SSSR count). The fourth-order valence-electron chi connectivity index (χ4n) is 4.72.